The second-order valence-electron chi connectivity index (χ2n) is 21.0. The van der Waals surface area contributed by atoms with Crippen molar-refractivity contribution in [1.82, 2.24) is 16.1 Å². The van der Waals surface area contributed by atoms with Crippen LogP contribution in [0.15, 0.2) is 39.5 Å². The molecule has 9 N–H and O–H groups in total. The monoisotopic (exact) mass is 1340 g/mol. The summed E-state index contributed by atoms with van der Waals surface area (Å²) in [4.78, 5) is 33.5. The first kappa shape index (κ1) is 69.6. The number of benzene rings is 1. The fraction of sp³-hybridized carbons (Fsp3) is 0.679. The van der Waals surface area contributed by atoms with E-state index in [9.17, 15) is 40.2 Å². The van der Waals surface area contributed by atoms with Gasteiger partial charge in [0.2, 0.25) is 17.2 Å². The molecule has 4 heterocycles. The molecule has 1 aromatic carbocycles. The maximum atomic E-state index is 14.4. The Morgan fingerprint density at radius 3 is 2.25 bits per heavy atom. The van der Waals surface area contributed by atoms with Gasteiger partial charge in [-0.05, 0) is 77.4 Å². The number of hydroxylamine groups is 1. The molecular weight excluding hydrogens is 1260 g/mol. The largest absolute Gasteiger partial charge is 0.492 e. The van der Waals surface area contributed by atoms with Crippen LogP contribution in [0.5, 0.6) is 17.2 Å². The average Bonchev–Trinajstić information content (AvgIpc) is 1.96. The van der Waals surface area contributed by atoms with Gasteiger partial charge in [0, 0.05) is 56.4 Å². The lowest BCUT2D eigenvalue weighted by Gasteiger charge is -2.47. The van der Waals surface area contributed by atoms with Gasteiger partial charge in [-0.15, -0.1) is 0 Å². The number of allylic oxidation sites excluding steroid dienone is 2. The Bertz CT molecular complexity index is 2700. The molecule has 4 aliphatic heterocycles. The zero-order valence-electron chi connectivity index (χ0n) is 49.1. The lowest BCUT2D eigenvalue weighted by molar-refractivity contribution is -0.336. The number of aliphatic hydroxyl groups is 6. The summed E-state index contributed by atoms with van der Waals surface area (Å²) in [6.07, 6.45) is -13.0. The summed E-state index contributed by atoms with van der Waals surface area (Å²) in [5.74, 6) is 12.1. The molecule has 24 nitrogen and oxygen atoms in total. The van der Waals surface area contributed by atoms with Crippen LogP contribution in [-0.4, -0.2) is 223 Å². The second-order valence-corrected chi connectivity index (χ2v) is 27.3. The van der Waals surface area contributed by atoms with E-state index in [4.69, 9.17) is 61.7 Å². The van der Waals surface area contributed by atoms with Crippen LogP contribution in [0, 0.1) is 30.6 Å². The maximum Gasteiger partial charge on any atom is 0.411 e. The molecule has 29 heteroatoms. The molecule has 474 valence electrons. The molecule has 7 rings (SSSR count). The van der Waals surface area contributed by atoms with Gasteiger partial charge in [-0.2, -0.15) is 5.48 Å². The van der Waals surface area contributed by atoms with E-state index in [0.29, 0.717) is 11.3 Å². The summed E-state index contributed by atoms with van der Waals surface area (Å²) >= 11 is 4.37. The van der Waals surface area contributed by atoms with E-state index in [1.165, 1.54) is 72.0 Å². The molecule has 4 saturated heterocycles. The van der Waals surface area contributed by atoms with E-state index in [-0.39, 0.29) is 88.2 Å². The summed E-state index contributed by atoms with van der Waals surface area (Å²) in [5.41, 5.74) is 1.65. The van der Waals surface area contributed by atoms with Gasteiger partial charge >= 0.3 is 6.09 Å². The number of ether oxygens (including phenoxy) is 12. The number of nitrogens with one attached hydrogen (secondary N) is 3. The van der Waals surface area contributed by atoms with Gasteiger partial charge in [0.05, 0.1) is 97.6 Å². The Labute approximate surface area is 519 Å². The van der Waals surface area contributed by atoms with E-state index in [1.807, 2.05) is 20.1 Å². The number of fused-ring (bicyclic) bond motifs is 2. The number of carbonyl (C=O) groups is 2. The normalized spacial score (nSPS) is 36.6. The molecule has 1 amide bonds. The molecule has 0 aromatic heterocycles. The second kappa shape index (κ2) is 31.7. The summed E-state index contributed by atoms with van der Waals surface area (Å²) in [5, 5.41) is 74.7. The fourth-order valence-electron chi connectivity index (χ4n) is 10.8. The van der Waals surface area contributed by atoms with Crippen LogP contribution in [-0.2, 0) is 47.5 Å². The third kappa shape index (κ3) is 16.4. The third-order valence-electron chi connectivity index (χ3n) is 15.0. The zero-order chi connectivity index (χ0) is 62.0. The first-order valence-corrected chi connectivity index (χ1v) is 33.1. The fourth-order valence-corrected chi connectivity index (χ4v) is 14.8. The number of thioether (sulfide) groups is 1. The summed E-state index contributed by atoms with van der Waals surface area (Å²) in [6, 6.07) is -1.17. The van der Waals surface area contributed by atoms with Crippen molar-refractivity contribution in [2.45, 2.75) is 188 Å². The van der Waals surface area contributed by atoms with Crippen molar-refractivity contribution in [3.8, 4) is 40.9 Å². The molecule has 6 aliphatic rings. The first-order chi connectivity index (χ1) is 40.5. The SMILES string of the molecule is COC(=O)NC1=C2/C(=C/CSSSC)[C@](O)(C#C/C=C\C#C[C@@H]2O[C@@H]2O[C@H](C)[C@@H](NOC3C[C@H](O)[C@H](SC(=O)c4c(C)c(Br)c(O[C@@H]5O[C@@H](C)[C@H](O)[C@@H](OC)[C@H]5O)c(OC)c4OC)[C@@H](C)O3)[C@H](O)[C@H]2O[C@H]2CC(OC)[C@@H](NC(C)C)CO2)C[C@H]1O. The van der Waals surface area contributed by atoms with Crippen LogP contribution in [0.1, 0.15) is 69.8 Å². The molecule has 0 radical (unpaired) electrons. The molecule has 85 heavy (non-hydrogen) atoms. The van der Waals surface area contributed by atoms with Crippen LogP contribution in [0.2, 0.25) is 0 Å². The minimum atomic E-state index is -1.96. The van der Waals surface area contributed by atoms with Crippen LogP contribution in [0.25, 0.3) is 0 Å². The minimum Gasteiger partial charge on any atom is -0.492 e. The lowest BCUT2D eigenvalue weighted by Crippen LogP contribution is -2.65. The number of amides is 1. The number of alkyl carbamates (subject to hydrolysis) is 1. The highest BCUT2D eigenvalue weighted by Crippen LogP contribution is 2.51. The predicted octanol–water partition coefficient (Wildman–Crippen LogP) is 3.54. The van der Waals surface area contributed by atoms with Crippen molar-refractivity contribution in [3.05, 3.63) is 50.7 Å². The predicted molar refractivity (Wildman–Crippen MR) is 320 cm³/mol. The van der Waals surface area contributed by atoms with Crippen molar-refractivity contribution < 1.29 is 102 Å². The van der Waals surface area contributed by atoms with Gasteiger partial charge < -0.3 is 92.8 Å². The van der Waals surface area contributed by atoms with E-state index in [0.717, 1.165) is 11.8 Å². The number of halogens is 1. The van der Waals surface area contributed by atoms with Crippen LogP contribution in [0.3, 0.4) is 0 Å². The van der Waals surface area contributed by atoms with Crippen LogP contribution < -0.4 is 30.3 Å². The van der Waals surface area contributed by atoms with Crippen molar-refractivity contribution in [1.29, 1.82) is 0 Å². The van der Waals surface area contributed by atoms with Gasteiger partial charge in [0.25, 0.3) is 0 Å². The zero-order valence-corrected chi connectivity index (χ0v) is 54.0. The number of carbonyl (C=O) groups excluding carboxylic acids is 2. The number of hydrogen-bond donors (Lipinski definition) is 9. The minimum absolute atomic E-state index is 0.00197. The summed E-state index contributed by atoms with van der Waals surface area (Å²) < 4.78 is 72.6. The maximum absolute atomic E-state index is 14.4. The third-order valence-corrected chi connectivity index (χ3v) is 21.1. The quantitative estimate of drug-likeness (QED) is 0.0347. The molecule has 2 bridgehead atoms. The van der Waals surface area contributed by atoms with Gasteiger partial charge in [0.15, 0.2) is 36.0 Å². The molecule has 1 aromatic rings. The Kier molecular flexibility index (Phi) is 26.0. The Morgan fingerprint density at radius 2 is 1.59 bits per heavy atom. The smallest absolute Gasteiger partial charge is 0.411 e. The topological polar surface area (TPSA) is 312 Å². The highest BCUT2D eigenvalue weighted by Gasteiger charge is 2.52. The Balaban J connectivity index is 1.12. The van der Waals surface area contributed by atoms with Crippen molar-refractivity contribution >= 4 is 70.3 Å². The summed E-state index contributed by atoms with van der Waals surface area (Å²) in [7, 11) is 11.3. The summed E-state index contributed by atoms with van der Waals surface area (Å²) in [6.45, 7) is 10.8. The molecular formula is C56H78BrN3O21S4. The Hall–Kier alpha value is -2.90. The van der Waals surface area contributed by atoms with Gasteiger partial charge in [-0.3, -0.25) is 14.9 Å². The van der Waals surface area contributed by atoms with E-state index in [2.05, 4.69) is 55.7 Å². The van der Waals surface area contributed by atoms with E-state index < -0.39 is 120 Å². The number of methoxy groups -OCH3 is 5. The molecule has 20 atom stereocenters. The Morgan fingerprint density at radius 1 is 0.871 bits per heavy atom. The molecule has 4 fully saturated rings. The van der Waals surface area contributed by atoms with Crippen molar-refractivity contribution in [2.75, 3.05) is 54.2 Å². The van der Waals surface area contributed by atoms with Gasteiger partial charge in [-0.1, -0.05) is 77.0 Å². The lowest BCUT2D eigenvalue weighted by atomic mass is 9.74. The molecule has 2 aliphatic carbocycles. The van der Waals surface area contributed by atoms with Gasteiger partial charge in [-0.25, -0.2) is 4.79 Å². The van der Waals surface area contributed by atoms with E-state index >= 15 is 0 Å². The highest BCUT2D eigenvalue weighted by atomic mass is 79.9. The highest BCUT2D eigenvalue weighted by molar-refractivity contribution is 9.10. The van der Waals surface area contributed by atoms with E-state index in [1.54, 1.807) is 40.9 Å². The number of rotatable bonds is 22. The standard InChI is InChI=1S/C56H78BrN3O21S4/c1-25(2)58-31-24-74-36(22-35(31)69-7)79-49-44(64)41(27(4)76-54(49)78-34-17-15-13-14-16-19-56(68)23-33(62)42(59-55(67)73-11)39(34)30(56)18-20-83-85-82-12)60-81-37-21-32(61)51(29(6)75-37)84-52(66)38-26(3)40(57)47(50(72-10)46(38)70-8)80-53-45(65)48(71-9)43(63)28(5)77-53/h13-14,18,25,27-29,31-37,41,43-45,48-49,51,53-54,58,60-65,68H,20-24H2,1-12H3,(H,59,67)/b14-13-,30-18-/t27-,28+,29-,31+,32+,33-,34+,35?,36+,37?,41-,43+,44+,45-,48-,49-,51-,53+,54+,56+/m1/s1. The van der Waals surface area contributed by atoms with Crippen LogP contribution in [0.4, 0.5) is 4.79 Å². The van der Waals surface area contributed by atoms with Gasteiger partial charge in [0.1, 0.15) is 36.6 Å². The van der Waals surface area contributed by atoms with Crippen molar-refractivity contribution in [3.63, 3.8) is 0 Å². The average molecular weight is 1340 g/mol. The molecule has 0 spiro atoms. The van der Waals surface area contributed by atoms with Crippen molar-refractivity contribution in [2.24, 2.45) is 0 Å². The number of hydrogen-bond acceptors (Lipinski definition) is 27. The van der Waals surface area contributed by atoms with Crippen LogP contribution >= 0.6 is 59.1 Å². The molecule has 2 unspecified atom stereocenters. The number of aliphatic hydroxyl groups excluding tert-OH is 5. The first-order valence-electron chi connectivity index (χ1n) is 27.4. The molecule has 0 saturated carbocycles.